The first-order valence-electron chi connectivity index (χ1n) is 7.07. The van der Waals surface area contributed by atoms with Gasteiger partial charge in [0.2, 0.25) is 11.8 Å². The smallest absolute Gasteiger partial charge is 0.241 e. The van der Waals surface area contributed by atoms with Crippen LogP contribution >= 0.6 is 0 Å². The molecule has 0 aromatic heterocycles. The van der Waals surface area contributed by atoms with E-state index in [9.17, 15) is 9.59 Å². The number of nitrogens with one attached hydrogen (secondary N) is 3. The molecule has 0 saturated carbocycles. The minimum atomic E-state index is -0.107. The van der Waals surface area contributed by atoms with E-state index in [4.69, 9.17) is 0 Å². The van der Waals surface area contributed by atoms with Crippen LogP contribution in [0.2, 0.25) is 0 Å². The molecule has 2 amide bonds. The van der Waals surface area contributed by atoms with Gasteiger partial charge in [0.15, 0.2) is 0 Å². The Balaban J connectivity index is 1.91. The molecule has 1 unspecified atom stereocenters. The van der Waals surface area contributed by atoms with E-state index in [1.807, 2.05) is 0 Å². The summed E-state index contributed by atoms with van der Waals surface area (Å²) >= 11 is 0. The Morgan fingerprint density at radius 2 is 1.70 bits per heavy atom. The van der Waals surface area contributed by atoms with Gasteiger partial charge in [0, 0.05) is 18.3 Å². The molecule has 0 radical (unpaired) electrons. The van der Waals surface area contributed by atoms with E-state index in [0.29, 0.717) is 0 Å². The molecule has 1 fully saturated rings. The summed E-state index contributed by atoms with van der Waals surface area (Å²) in [6, 6.07) is 7.03. The van der Waals surface area contributed by atoms with E-state index in [1.165, 1.54) is 13.3 Å². The molecule has 1 aliphatic rings. The second-order valence-electron chi connectivity index (χ2n) is 5.10. The first-order valence-corrected chi connectivity index (χ1v) is 7.07. The number of carbonyl (C=O) groups is 2. The molecule has 1 atom stereocenters. The Kier molecular flexibility index (Phi) is 5.12. The molecule has 0 bridgehead atoms. The average molecular weight is 275 g/mol. The second kappa shape index (κ2) is 7.05. The zero-order valence-electron chi connectivity index (χ0n) is 11.7. The molecule has 1 aliphatic heterocycles. The van der Waals surface area contributed by atoms with Crippen molar-refractivity contribution >= 4 is 23.2 Å². The third kappa shape index (κ3) is 4.35. The number of anilines is 2. The Morgan fingerprint density at radius 3 is 2.35 bits per heavy atom. The highest BCUT2D eigenvalue weighted by molar-refractivity contribution is 5.95. The fraction of sp³-hybridized carbons (Fsp3) is 0.467. The largest absolute Gasteiger partial charge is 0.326 e. The van der Waals surface area contributed by atoms with Gasteiger partial charge in [-0.25, -0.2) is 0 Å². The van der Waals surface area contributed by atoms with Gasteiger partial charge in [-0.05, 0) is 43.7 Å². The minimum absolute atomic E-state index is 0.0131. The van der Waals surface area contributed by atoms with Gasteiger partial charge >= 0.3 is 0 Å². The molecule has 1 aromatic rings. The van der Waals surface area contributed by atoms with Gasteiger partial charge in [-0.1, -0.05) is 12.8 Å². The molecule has 0 spiro atoms. The number of benzene rings is 1. The monoisotopic (exact) mass is 275 g/mol. The van der Waals surface area contributed by atoms with Crippen LogP contribution < -0.4 is 16.0 Å². The van der Waals surface area contributed by atoms with Crippen molar-refractivity contribution in [1.29, 1.82) is 0 Å². The fourth-order valence-electron chi connectivity index (χ4n) is 2.32. The quantitative estimate of drug-likeness (QED) is 0.791. The summed E-state index contributed by atoms with van der Waals surface area (Å²) in [4.78, 5) is 23.1. The van der Waals surface area contributed by atoms with Crippen LogP contribution in [-0.4, -0.2) is 24.4 Å². The Morgan fingerprint density at radius 1 is 1.05 bits per heavy atom. The van der Waals surface area contributed by atoms with Crippen molar-refractivity contribution in [3.8, 4) is 0 Å². The zero-order valence-corrected chi connectivity index (χ0v) is 11.7. The maximum atomic E-state index is 12.1. The summed E-state index contributed by atoms with van der Waals surface area (Å²) < 4.78 is 0. The second-order valence-corrected chi connectivity index (χ2v) is 5.10. The summed E-state index contributed by atoms with van der Waals surface area (Å²) in [5.74, 6) is -0.0939. The van der Waals surface area contributed by atoms with E-state index in [0.717, 1.165) is 37.2 Å². The van der Waals surface area contributed by atoms with Crippen LogP contribution in [0.4, 0.5) is 11.4 Å². The van der Waals surface area contributed by atoms with Gasteiger partial charge < -0.3 is 16.0 Å². The molecule has 1 saturated heterocycles. The lowest BCUT2D eigenvalue weighted by atomic mass is 10.1. The standard InChI is InChI=1S/C15H21N3O2/c1-11(19)17-12-6-8-13(9-7-12)18-15(20)14-5-3-2-4-10-16-14/h6-9,14,16H,2-5,10H2,1H3,(H,17,19)(H,18,20). The first-order chi connectivity index (χ1) is 9.65. The summed E-state index contributed by atoms with van der Waals surface area (Å²) in [6.45, 7) is 2.37. The van der Waals surface area contributed by atoms with Crippen molar-refractivity contribution in [3.63, 3.8) is 0 Å². The highest BCUT2D eigenvalue weighted by Gasteiger charge is 2.19. The molecule has 0 aliphatic carbocycles. The first kappa shape index (κ1) is 14.5. The minimum Gasteiger partial charge on any atom is -0.326 e. The van der Waals surface area contributed by atoms with E-state index in [1.54, 1.807) is 24.3 Å². The predicted molar refractivity (Wildman–Crippen MR) is 79.6 cm³/mol. The van der Waals surface area contributed by atoms with Crippen LogP contribution in [0.15, 0.2) is 24.3 Å². The van der Waals surface area contributed by atoms with Crippen molar-refractivity contribution in [2.75, 3.05) is 17.2 Å². The van der Waals surface area contributed by atoms with Crippen LogP contribution in [-0.2, 0) is 9.59 Å². The third-order valence-electron chi connectivity index (χ3n) is 3.35. The fourth-order valence-corrected chi connectivity index (χ4v) is 2.32. The molecule has 1 aromatic carbocycles. The van der Waals surface area contributed by atoms with Gasteiger partial charge in [-0.2, -0.15) is 0 Å². The molecule has 2 rings (SSSR count). The number of rotatable bonds is 3. The number of hydrogen-bond acceptors (Lipinski definition) is 3. The lowest BCUT2D eigenvalue weighted by molar-refractivity contribution is -0.118. The van der Waals surface area contributed by atoms with Gasteiger partial charge in [0.05, 0.1) is 6.04 Å². The predicted octanol–water partition coefficient (Wildman–Crippen LogP) is 2.12. The summed E-state index contributed by atoms with van der Waals surface area (Å²) in [5.41, 5.74) is 1.47. The van der Waals surface area contributed by atoms with Crippen molar-refractivity contribution in [3.05, 3.63) is 24.3 Å². The topological polar surface area (TPSA) is 70.2 Å². The van der Waals surface area contributed by atoms with Gasteiger partial charge in [-0.3, -0.25) is 9.59 Å². The Bertz CT molecular complexity index is 463. The van der Waals surface area contributed by atoms with E-state index in [-0.39, 0.29) is 17.9 Å². The molecule has 1 heterocycles. The van der Waals surface area contributed by atoms with E-state index in [2.05, 4.69) is 16.0 Å². The van der Waals surface area contributed by atoms with Crippen LogP contribution in [0.1, 0.15) is 32.6 Å². The van der Waals surface area contributed by atoms with Crippen LogP contribution in [0.25, 0.3) is 0 Å². The molecule has 3 N–H and O–H groups in total. The molecule has 5 nitrogen and oxygen atoms in total. The van der Waals surface area contributed by atoms with Crippen molar-refractivity contribution in [2.24, 2.45) is 0 Å². The zero-order chi connectivity index (χ0) is 14.4. The van der Waals surface area contributed by atoms with Crippen LogP contribution in [0.5, 0.6) is 0 Å². The number of amides is 2. The molecule has 108 valence electrons. The highest BCUT2D eigenvalue weighted by Crippen LogP contribution is 2.15. The summed E-state index contributed by atoms with van der Waals surface area (Å²) in [7, 11) is 0. The van der Waals surface area contributed by atoms with Crippen molar-refractivity contribution in [1.82, 2.24) is 5.32 Å². The highest BCUT2D eigenvalue weighted by atomic mass is 16.2. The molecular formula is C15H21N3O2. The normalized spacial score (nSPS) is 18.9. The average Bonchev–Trinajstić information content (AvgIpc) is 2.69. The number of carbonyl (C=O) groups excluding carboxylic acids is 2. The SMILES string of the molecule is CC(=O)Nc1ccc(NC(=O)C2CCCCCN2)cc1. The lowest BCUT2D eigenvalue weighted by Gasteiger charge is -2.15. The molecule has 5 heteroatoms. The summed E-state index contributed by atoms with van der Waals surface area (Å²) in [5, 5.41) is 8.87. The van der Waals surface area contributed by atoms with E-state index >= 15 is 0 Å². The molecular weight excluding hydrogens is 254 g/mol. The molecule has 20 heavy (non-hydrogen) atoms. The van der Waals surface area contributed by atoms with Gasteiger partial charge in [0.1, 0.15) is 0 Å². The van der Waals surface area contributed by atoms with Crippen molar-refractivity contribution < 1.29 is 9.59 Å². The maximum Gasteiger partial charge on any atom is 0.241 e. The van der Waals surface area contributed by atoms with Gasteiger partial charge in [0.25, 0.3) is 0 Å². The Hall–Kier alpha value is -1.88. The Labute approximate surface area is 119 Å². The van der Waals surface area contributed by atoms with Crippen LogP contribution in [0.3, 0.4) is 0 Å². The van der Waals surface area contributed by atoms with E-state index < -0.39 is 0 Å². The lowest BCUT2D eigenvalue weighted by Crippen LogP contribution is -2.39. The maximum absolute atomic E-state index is 12.1. The third-order valence-corrected chi connectivity index (χ3v) is 3.35. The van der Waals surface area contributed by atoms with Crippen molar-refractivity contribution in [2.45, 2.75) is 38.6 Å². The van der Waals surface area contributed by atoms with Crippen LogP contribution in [0, 0.1) is 0 Å². The summed E-state index contributed by atoms with van der Waals surface area (Å²) in [6.07, 6.45) is 4.29. The number of hydrogen-bond donors (Lipinski definition) is 3. The van der Waals surface area contributed by atoms with Gasteiger partial charge in [-0.15, -0.1) is 0 Å².